The Morgan fingerprint density at radius 3 is 2.38 bits per heavy atom. The first-order valence-corrected chi connectivity index (χ1v) is 6.03. The lowest BCUT2D eigenvalue weighted by Crippen LogP contribution is -1.86. The third kappa shape index (κ3) is 4.95. The van der Waals surface area contributed by atoms with Crippen LogP contribution in [-0.2, 0) is 0 Å². The normalized spacial score (nSPS) is 12.6. The molecule has 0 aliphatic heterocycles. The van der Waals surface area contributed by atoms with Crippen molar-refractivity contribution >= 4 is 15.9 Å². The molecule has 0 amide bonds. The van der Waals surface area contributed by atoms with E-state index in [9.17, 15) is 0 Å². The maximum atomic E-state index is 8.95. The summed E-state index contributed by atoms with van der Waals surface area (Å²) >= 11 is 3.31. The van der Waals surface area contributed by atoms with Gasteiger partial charge < -0.3 is 0 Å². The summed E-state index contributed by atoms with van der Waals surface area (Å²) in [5, 5.41) is 9.69. The Morgan fingerprint density at radius 1 is 1.31 bits per heavy atom. The number of rotatable bonds is 5. The van der Waals surface area contributed by atoms with E-state index in [2.05, 4.69) is 35.2 Å². The number of allylic oxidation sites excluding steroid dienone is 8. The summed E-state index contributed by atoms with van der Waals surface area (Å²) in [4.78, 5) is 0. The van der Waals surface area contributed by atoms with Crippen LogP contribution in [0, 0.1) is 11.3 Å². The first-order chi connectivity index (χ1) is 7.56. The fraction of sp³-hybridized carbons (Fsp3) is 0.214. The lowest BCUT2D eigenvalue weighted by atomic mass is 10.0. The molecule has 16 heavy (non-hydrogen) atoms. The standard InChI is InChI=1S/C14H16BrN/c1-5-6-14(10-16)13(4)12(3)8-7-11(2)9-15/h5-8H,2-3,9H2,1,4H3/b6-5-,8-7-,14-13-. The second kappa shape index (κ2) is 7.90. The number of hydrogen-bond acceptors (Lipinski definition) is 1. The Bertz CT molecular complexity index is 403. The van der Waals surface area contributed by atoms with Crippen molar-refractivity contribution in [2.45, 2.75) is 13.8 Å². The number of alkyl halides is 1. The van der Waals surface area contributed by atoms with Gasteiger partial charge in [-0.2, -0.15) is 5.26 Å². The van der Waals surface area contributed by atoms with Crippen molar-refractivity contribution in [3.05, 3.63) is 59.8 Å². The Morgan fingerprint density at radius 2 is 1.94 bits per heavy atom. The van der Waals surface area contributed by atoms with Gasteiger partial charge in [-0.15, -0.1) is 0 Å². The molecule has 0 heterocycles. The molecular weight excluding hydrogens is 262 g/mol. The number of hydrogen-bond donors (Lipinski definition) is 0. The maximum Gasteiger partial charge on any atom is 0.0994 e. The quantitative estimate of drug-likeness (QED) is 0.413. The van der Waals surface area contributed by atoms with E-state index in [0.717, 1.165) is 22.0 Å². The largest absolute Gasteiger partial charge is 0.192 e. The third-order valence-electron chi connectivity index (χ3n) is 2.03. The molecule has 0 unspecified atom stereocenters. The van der Waals surface area contributed by atoms with Crippen molar-refractivity contribution in [2.75, 3.05) is 5.33 Å². The van der Waals surface area contributed by atoms with Gasteiger partial charge in [0.25, 0.3) is 0 Å². The summed E-state index contributed by atoms with van der Waals surface area (Å²) in [6.45, 7) is 11.5. The molecule has 0 aliphatic carbocycles. The third-order valence-corrected chi connectivity index (χ3v) is 2.75. The first-order valence-electron chi connectivity index (χ1n) is 4.91. The molecule has 0 aromatic carbocycles. The van der Waals surface area contributed by atoms with E-state index in [1.54, 1.807) is 6.08 Å². The van der Waals surface area contributed by atoms with Crippen LogP contribution < -0.4 is 0 Å². The molecule has 0 aromatic heterocycles. The smallest absolute Gasteiger partial charge is 0.0994 e. The summed E-state index contributed by atoms with van der Waals surface area (Å²) < 4.78 is 0. The van der Waals surface area contributed by atoms with Crippen molar-refractivity contribution in [1.82, 2.24) is 0 Å². The van der Waals surface area contributed by atoms with Gasteiger partial charge in [0.05, 0.1) is 11.6 Å². The first kappa shape index (κ1) is 14.7. The highest BCUT2D eigenvalue weighted by Crippen LogP contribution is 2.15. The van der Waals surface area contributed by atoms with E-state index in [0.29, 0.717) is 5.57 Å². The molecule has 0 atom stereocenters. The van der Waals surface area contributed by atoms with Crippen molar-refractivity contribution < 1.29 is 0 Å². The highest BCUT2D eigenvalue weighted by Gasteiger charge is 1.99. The predicted molar refractivity (Wildman–Crippen MR) is 74.3 cm³/mol. The van der Waals surface area contributed by atoms with Crippen LogP contribution in [0.15, 0.2) is 59.8 Å². The minimum absolute atomic E-state index is 0.640. The molecule has 0 radical (unpaired) electrons. The van der Waals surface area contributed by atoms with Crippen LogP contribution in [0.25, 0.3) is 0 Å². The molecule has 84 valence electrons. The molecule has 0 saturated heterocycles. The summed E-state index contributed by atoms with van der Waals surface area (Å²) in [6, 6.07) is 2.15. The van der Waals surface area contributed by atoms with Gasteiger partial charge in [-0.3, -0.25) is 0 Å². The summed E-state index contributed by atoms with van der Waals surface area (Å²) in [5.74, 6) is 0. The summed E-state index contributed by atoms with van der Waals surface area (Å²) in [5.41, 5.74) is 3.33. The molecule has 1 nitrogen and oxygen atoms in total. The predicted octanol–water partition coefficient (Wildman–Crippen LogP) is 4.47. The molecule has 0 spiro atoms. The van der Waals surface area contributed by atoms with Crippen molar-refractivity contribution in [3.8, 4) is 6.07 Å². The zero-order valence-electron chi connectivity index (χ0n) is 9.76. The molecule has 0 fully saturated rings. The molecule has 0 aliphatic rings. The topological polar surface area (TPSA) is 23.8 Å². The van der Waals surface area contributed by atoms with Crippen molar-refractivity contribution in [3.63, 3.8) is 0 Å². The van der Waals surface area contributed by atoms with E-state index >= 15 is 0 Å². The van der Waals surface area contributed by atoms with Crippen LogP contribution in [0.2, 0.25) is 0 Å². The van der Waals surface area contributed by atoms with Crippen LogP contribution in [0.1, 0.15) is 13.8 Å². The molecular formula is C14H16BrN. The van der Waals surface area contributed by atoms with E-state index in [1.165, 1.54) is 0 Å². The number of nitrogens with zero attached hydrogens (tertiary/aromatic N) is 1. The molecule has 0 saturated carbocycles. The van der Waals surface area contributed by atoms with Crippen LogP contribution >= 0.6 is 15.9 Å². The van der Waals surface area contributed by atoms with Gasteiger partial charge in [-0.25, -0.2) is 0 Å². The lowest BCUT2D eigenvalue weighted by Gasteiger charge is -2.02. The fourth-order valence-corrected chi connectivity index (χ4v) is 1.16. The van der Waals surface area contributed by atoms with E-state index in [-0.39, 0.29) is 0 Å². The van der Waals surface area contributed by atoms with Crippen LogP contribution in [-0.4, -0.2) is 5.33 Å². The lowest BCUT2D eigenvalue weighted by molar-refractivity contribution is 1.37. The summed E-state index contributed by atoms with van der Waals surface area (Å²) in [6.07, 6.45) is 7.40. The van der Waals surface area contributed by atoms with Crippen LogP contribution in [0.4, 0.5) is 0 Å². The van der Waals surface area contributed by atoms with E-state index < -0.39 is 0 Å². The zero-order valence-corrected chi connectivity index (χ0v) is 11.3. The molecule has 0 N–H and O–H groups in total. The van der Waals surface area contributed by atoms with Gasteiger partial charge in [0.2, 0.25) is 0 Å². The van der Waals surface area contributed by atoms with Crippen LogP contribution in [0.3, 0.4) is 0 Å². The minimum atomic E-state index is 0.640. The molecule has 0 bridgehead atoms. The van der Waals surface area contributed by atoms with Gasteiger partial charge >= 0.3 is 0 Å². The second-order valence-corrected chi connectivity index (χ2v) is 3.86. The highest BCUT2D eigenvalue weighted by molar-refractivity contribution is 9.09. The zero-order chi connectivity index (χ0) is 12.6. The van der Waals surface area contributed by atoms with Crippen LogP contribution in [0.5, 0.6) is 0 Å². The summed E-state index contributed by atoms with van der Waals surface area (Å²) in [7, 11) is 0. The van der Waals surface area contributed by atoms with Crippen molar-refractivity contribution in [1.29, 1.82) is 5.26 Å². The highest BCUT2D eigenvalue weighted by atomic mass is 79.9. The number of halogens is 1. The van der Waals surface area contributed by atoms with E-state index in [4.69, 9.17) is 5.26 Å². The Balaban J connectivity index is 4.93. The monoisotopic (exact) mass is 277 g/mol. The van der Waals surface area contributed by atoms with Gasteiger partial charge in [-0.1, -0.05) is 47.3 Å². The van der Waals surface area contributed by atoms with Gasteiger partial charge in [0, 0.05) is 5.33 Å². The Labute approximate surface area is 106 Å². The van der Waals surface area contributed by atoms with Crippen molar-refractivity contribution in [2.24, 2.45) is 0 Å². The second-order valence-electron chi connectivity index (χ2n) is 3.30. The van der Waals surface area contributed by atoms with E-state index in [1.807, 2.05) is 32.1 Å². The van der Waals surface area contributed by atoms with Gasteiger partial charge in [0.15, 0.2) is 0 Å². The van der Waals surface area contributed by atoms with Gasteiger partial charge in [0.1, 0.15) is 0 Å². The molecule has 2 heteroatoms. The molecule has 0 rings (SSSR count). The Kier molecular flexibility index (Phi) is 7.24. The number of nitriles is 1. The average molecular weight is 278 g/mol. The average Bonchev–Trinajstić information content (AvgIpc) is 2.31. The fourth-order valence-electron chi connectivity index (χ4n) is 0.974. The minimum Gasteiger partial charge on any atom is -0.192 e. The Hall–Kier alpha value is -1.33. The SMILES string of the molecule is C=C(/C=C\C(=C)/C(C)=C(C#N)/C=C\C)CBr. The van der Waals surface area contributed by atoms with Gasteiger partial charge in [-0.05, 0) is 36.6 Å². The molecule has 0 aromatic rings. The maximum absolute atomic E-state index is 8.95.